The molecule has 1 aliphatic heterocycles. The molecule has 0 aliphatic carbocycles. The second-order valence-corrected chi connectivity index (χ2v) is 7.11. The van der Waals surface area contributed by atoms with Gasteiger partial charge in [-0.15, -0.1) is 0 Å². The fourth-order valence-corrected chi connectivity index (χ4v) is 3.34. The Hall–Kier alpha value is -1.59. The summed E-state index contributed by atoms with van der Waals surface area (Å²) in [6, 6.07) is 9.27. The van der Waals surface area contributed by atoms with Crippen LogP contribution in [0.3, 0.4) is 0 Å². The minimum atomic E-state index is -0.815. The summed E-state index contributed by atoms with van der Waals surface area (Å²) >= 11 is 3.45. The zero-order valence-electron chi connectivity index (χ0n) is 12.7. The Morgan fingerprint density at radius 2 is 2.00 bits per heavy atom. The Kier molecular flexibility index (Phi) is 3.65. The fraction of sp³-hybridized carbons (Fsp3) is 0.353. The van der Waals surface area contributed by atoms with Crippen LogP contribution in [0.15, 0.2) is 45.8 Å². The lowest BCUT2D eigenvalue weighted by atomic mass is 9.78. The van der Waals surface area contributed by atoms with Crippen molar-refractivity contribution < 1.29 is 9.84 Å². The highest BCUT2D eigenvalue weighted by Crippen LogP contribution is 2.44. The maximum absolute atomic E-state index is 12.5. The predicted octanol–water partition coefficient (Wildman–Crippen LogP) is 2.81. The molecule has 2 aromatic rings. The number of halogens is 1. The lowest BCUT2D eigenvalue weighted by Gasteiger charge is -2.42. The average molecular weight is 364 g/mol. The molecule has 2 unspecified atom stereocenters. The van der Waals surface area contributed by atoms with E-state index in [1.54, 1.807) is 19.3 Å². The molecule has 116 valence electrons. The summed E-state index contributed by atoms with van der Waals surface area (Å²) in [4.78, 5) is 12.5. The van der Waals surface area contributed by atoms with Gasteiger partial charge in [-0.3, -0.25) is 4.79 Å². The molecule has 0 spiro atoms. The molecule has 3 rings (SSSR count). The Morgan fingerprint density at radius 1 is 1.27 bits per heavy atom. The first-order valence-corrected chi connectivity index (χ1v) is 7.92. The topological polar surface area (TPSA) is 51.5 Å². The van der Waals surface area contributed by atoms with E-state index < -0.39 is 17.6 Å². The molecule has 2 heterocycles. The Labute approximate surface area is 137 Å². The van der Waals surface area contributed by atoms with Crippen molar-refractivity contribution in [2.45, 2.75) is 31.5 Å². The maximum Gasteiger partial charge on any atom is 0.254 e. The highest BCUT2D eigenvalue weighted by Gasteiger charge is 2.44. The van der Waals surface area contributed by atoms with Gasteiger partial charge in [-0.05, 0) is 38.1 Å². The Bertz CT molecular complexity index is 782. The molecular weight excluding hydrogens is 346 g/mol. The number of aryl methyl sites for hydroxylation is 1. The first-order valence-electron chi connectivity index (χ1n) is 7.13. The quantitative estimate of drug-likeness (QED) is 0.847. The number of ether oxygens (including phenoxy) is 1. The van der Waals surface area contributed by atoms with E-state index in [-0.39, 0.29) is 5.56 Å². The molecule has 2 atom stereocenters. The van der Waals surface area contributed by atoms with E-state index in [1.807, 2.05) is 38.1 Å². The summed E-state index contributed by atoms with van der Waals surface area (Å²) in [7, 11) is 1.71. The molecule has 0 amide bonds. The second kappa shape index (κ2) is 5.25. The summed E-state index contributed by atoms with van der Waals surface area (Å²) < 4.78 is 8.35. The van der Waals surface area contributed by atoms with E-state index in [0.717, 1.165) is 10.0 Å². The van der Waals surface area contributed by atoms with E-state index in [9.17, 15) is 9.90 Å². The van der Waals surface area contributed by atoms with Crippen LogP contribution in [0.25, 0.3) is 0 Å². The number of hydrogen-bond donors (Lipinski definition) is 1. The minimum Gasteiger partial charge on any atom is -0.485 e. The maximum atomic E-state index is 12.5. The van der Waals surface area contributed by atoms with Crippen molar-refractivity contribution in [2.24, 2.45) is 7.05 Å². The van der Waals surface area contributed by atoms with Crippen molar-refractivity contribution in [1.82, 2.24) is 4.57 Å². The van der Waals surface area contributed by atoms with E-state index in [0.29, 0.717) is 11.3 Å². The van der Waals surface area contributed by atoms with E-state index >= 15 is 0 Å². The van der Waals surface area contributed by atoms with Crippen LogP contribution >= 0.6 is 15.9 Å². The van der Waals surface area contributed by atoms with Crippen LogP contribution in [0.4, 0.5) is 0 Å². The minimum absolute atomic E-state index is 0.102. The summed E-state index contributed by atoms with van der Waals surface area (Å²) in [5.41, 5.74) is 0.528. The average Bonchev–Trinajstić information content (AvgIpc) is 2.45. The van der Waals surface area contributed by atoms with Crippen molar-refractivity contribution in [3.8, 4) is 5.75 Å². The summed E-state index contributed by atoms with van der Waals surface area (Å²) in [5.74, 6) is 0.283. The van der Waals surface area contributed by atoms with Crippen LogP contribution in [-0.4, -0.2) is 21.4 Å². The molecule has 0 radical (unpaired) electrons. The molecule has 1 aromatic heterocycles. The van der Waals surface area contributed by atoms with Gasteiger partial charge in [-0.2, -0.15) is 0 Å². The van der Waals surface area contributed by atoms with Crippen molar-refractivity contribution in [2.75, 3.05) is 0 Å². The summed E-state index contributed by atoms with van der Waals surface area (Å²) in [6.45, 7) is 3.67. The second-order valence-electron chi connectivity index (χ2n) is 6.19. The van der Waals surface area contributed by atoms with Gasteiger partial charge in [0.15, 0.2) is 0 Å². The Balaban J connectivity index is 2.27. The lowest BCUT2D eigenvalue weighted by Crippen LogP contribution is -2.50. The molecule has 1 aromatic carbocycles. The molecule has 0 saturated carbocycles. The van der Waals surface area contributed by atoms with Crippen LogP contribution in [0, 0.1) is 0 Å². The monoisotopic (exact) mass is 363 g/mol. The number of benzene rings is 1. The van der Waals surface area contributed by atoms with Gasteiger partial charge in [0.05, 0.1) is 0 Å². The predicted molar refractivity (Wildman–Crippen MR) is 88.4 cm³/mol. The van der Waals surface area contributed by atoms with Gasteiger partial charge in [0.1, 0.15) is 17.5 Å². The van der Waals surface area contributed by atoms with Gasteiger partial charge >= 0.3 is 0 Å². The van der Waals surface area contributed by atoms with Crippen molar-refractivity contribution >= 4 is 15.9 Å². The first kappa shape index (κ1) is 15.3. The molecule has 1 aliphatic rings. The van der Waals surface area contributed by atoms with Crippen molar-refractivity contribution in [1.29, 1.82) is 0 Å². The molecule has 0 fully saturated rings. The van der Waals surface area contributed by atoms with Gasteiger partial charge in [-0.1, -0.05) is 22.0 Å². The zero-order chi connectivity index (χ0) is 16.1. The number of aliphatic hydroxyl groups excluding tert-OH is 1. The van der Waals surface area contributed by atoms with Gasteiger partial charge < -0.3 is 14.4 Å². The lowest BCUT2D eigenvalue weighted by molar-refractivity contribution is -0.0514. The third-order valence-electron chi connectivity index (χ3n) is 4.20. The number of aromatic nitrogens is 1. The largest absolute Gasteiger partial charge is 0.485 e. The normalized spacial score (nSPS) is 22.8. The molecule has 1 N–H and O–H groups in total. The fourth-order valence-electron chi connectivity index (χ4n) is 2.96. The van der Waals surface area contributed by atoms with Crippen LogP contribution in [0.1, 0.15) is 30.9 Å². The van der Waals surface area contributed by atoms with Gasteiger partial charge in [0.2, 0.25) is 0 Å². The number of pyridine rings is 1. The number of aliphatic hydroxyl groups is 1. The highest BCUT2D eigenvalue weighted by molar-refractivity contribution is 9.10. The standard InChI is InChI=1S/C17H18BrNO3/c1-17(2)15(20)14(11-5-4-8-19(3)16(11)21)12-9-10(18)6-7-13(12)22-17/h4-9,14-15,20H,1-3H3. The van der Waals surface area contributed by atoms with Crippen molar-refractivity contribution in [3.63, 3.8) is 0 Å². The number of hydrogen-bond acceptors (Lipinski definition) is 3. The summed E-state index contributed by atoms with van der Waals surface area (Å²) in [6.07, 6.45) is 0.897. The van der Waals surface area contributed by atoms with Crippen molar-refractivity contribution in [3.05, 3.63) is 62.5 Å². The molecule has 0 bridgehead atoms. The van der Waals surface area contributed by atoms with Gasteiger partial charge in [-0.25, -0.2) is 0 Å². The SMILES string of the molecule is Cn1cccc(C2c3cc(Br)ccc3OC(C)(C)C2O)c1=O. The van der Waals surface area contributed by atoms with Gasteiger partial charge in [0.25, 0.3) is 5.56 Å². The summed E-state index contributed by atoms with van der Waals surface area (Å²) in [5, 5.41) is 10.8. The first-order chi connectivity index (χ1) is 10.3. The van der Waals surface area contributed by atoms with Crippen LogP contribution in [0.5, 0.6) is 5.75 Å². The molecular formula is C17H18BrNO3. The van der Waals surface area contributed by atoms with Crippen LogP contribution in [-0.2, 0) is 7.05 Å². The number of rotatable bonds is 1. The van der Waals surface area contributed by atoms with E-state index in [4.69, 9.17) is 4.74 Å². The molecule has 0 saturated heterocycles. The Morgan fingerprint density at radius 3 is 2.73 bits per heavy atom. The smallest absolute Gasteiger partial charge is 0.254 e. The molecule has 22 heavy (non-hydrogen) atoms. The zero-order valence-corrected chi connectivity index (χ0v) is 14.3. The number of fused-ring (bicyclic) bond motifs is 1. The highest BCUT2D eigenvalue weighted by atomic mass is 79.9. The van der Waals surface area contributed by atoms with Crippen LogP contribution in [0.2, 0.25) is 0 Å². The molecule has 4 nitrogen and oxygen atoms in total. The van der Waals surface area contributed by atoms with E-state index in [2.05, 4.69) is 15.9 Å². The van der Waals surface area contributed by atoms with Gasteiger partial charge in [0, 0.05) is 34.8 Å². The third-order valence-corrected chi connectivity index (χ3v) is 4.69. The molecule has 5 heteroatoms. The van der Waals surface area contributed by atoms with Crippen LogP contribution < -0.4 is 10.3 Å². The third kappa shape index (κ3) is 2.38. The van der Waals surface area contributed by atoms with E-state index in [1.165, 1.54) is 4.57 Å². The number of nitrogens with zero attached hydrogens (tertiary/aromatic N) is 1.